The van der Waals surface area contributed by atoms with E-state index in [-0.39, 0.29) is 11.2 Å². The van der Waals surface area contributed by atoms with E-state index in [4.69, 9.17) is 0 Å². The Morgan fingerprint density at radius 3 is 2.29 bits per heavy atom. The molecule has 6 heteroatoms. The lowest BCUT2D eigenvalue weighted by Gasteiger charge is -2.12. The smallest absolute Gasteiger partial charge is 0.321 e. The molecule has 1 rings (SSSR count). The van der Waals surface area contributed by atoms with E-state index in [1.165, 1.54) is 24.4 Å². The molecule has 0 aliphatic heterocycles. The van der Waals surface area contributed by atoms with Gasteiger partial charge >= 0.3 is 6.03 Å². The van der Waals surface area contributed by atoms with E-state index in [9.17, 15) is 9.59 Å². The lowest BCUT2D eigenvalue weighted by molar-refractivity contribution is -0.119. The molecule has 116 valence electrons. The van der Waals surface area contributed by atoms with E-state index in [2.05, 4.69) is 29.8 Å². The molecule has 1 unspecified atom stereocenters. The van der Waals surface area contributed by atoms with Crippen LogP contribution in [0, 0.1) is 0 Å². The van der Waals surface area contributed by atoms with Crippen LogP contribution in [0.3, 0.4) is 0 Å². The lowest BCUT2D eigenvalue weighted by atomic mass is 10.2. The van der Waals surface area contributed by atoms with Gasteiger partial charge in [0, 0.05) is 24.5 Å². The fourth-order valence-electron chi connectivity index (χ4n) is 1.54. The molecule has 0 aliphatic carbocycles. The van der Waals surface area contributed by atoms with Crippen LogP contribution in [0.15, 0.2) is 29.2 Å². The fourth-order valence-corrected chi connectivity index (χ4v) is 2.41. The van der Waals surface area contributed by atoms with Crippen LogP contribution in [0.25, 0.3) is 0 Å². The van der Waals surface area contributed by atoms with Crippen LogP contribution in [-0.2, 0) is 11.3 Å². The molecule has 5 nitrogen and oxygen atoms in total. The standard InChI is InChI=1S/C15H23N3O2S/c1-10(2)17-9-12-5-7-13(8-6-12)21-11(3)14(19)18-15(20)16-4/h5-8,10-11,17H,9H2,1-4H3,(H2,16,18,19,20). The molecule has 3 N–H and O–H groups in total. The second-order valence-electron chi connectivity index (χ2n) is 5.01. The summed E-state index contributed by atoms with van der Waals surface area (Å²) in [6.07, 6.45) is 0. The van der Waals surface area contributed by atoms with Crippen molar-refractivity contribution in [3.8, 4) is 0 Å². The summed E-state index contributed by atoms with van der Waals surface area (Å²) in [5, 5.41) is 7.65. The number of hydrogen-bond acceptors (Lipinski definition) is 4. The lowest BCUT2D eigenvalue weighted by Crippen LogP contribution is -2.41. The fraction of sp³-hybridized carbons (Fsp3) is 0.467. The van der Waals surface area contributed by atoms with E-state index < -0.39 is 6.03 Å². The van der Waals surface area contributed by atoms with Crippen LogP contribution < -0.4 is 16.0 Å². The third-order valence-corrected chi connectivity index (χ3v) is 3.90. The van der Waals surface area contributed by atoms with Crippen molar-refractivity contribution in [3.63, 3.8) is 0 Å². The number of rotatable bonds is 6. The topological polar surface area (TPSA) is 70.2 Å². The second kappa shape index (κ2) is 8.69. The van der Waals surface area contributed by atoms with Gasteiger partial charge in [-0.05, 0) is 24.6 Å². The van der Waals surface area contributed by atoms with Crippen LogP contribution >= 0.6 is 11.8 Å². The Labute approximate surface area is 130 Å². The highest BCUT2D eigenvalue weighted by Gasteiger charge is 2.16. The maximum atomic E-state index is 11.8. The van der Waals surface area contributed by atoms with Gasteiger partial charge in [-0.15, -0.1) is 11.8 Å². The van der Waals surface area contributed by atoms with Crippen molar-refractivity contribution < 1.29 is 9.59 Å². The second-order valence-corrected chi connectivity index (χ2v) is 6.42. The Morgan fingerprint density at radius 2 is 1.76 bits per heavy atom. The van der Waals surface area contributed by atoms with Crippen molar-refractivity contribution >= 4 is 23.7 Å². The Bertz CT molecular complexity index is 474. The van der Waals surface area contributed by atoms with Gasteiger partial charge in [0.05, 0.1) is 5.25 Å². The van der Waals surface area contributed by atoms with Crippen LogP contribution in [0.4, 0.5) is 4.79 Å². The minimum Gasteiger partial charge on any atom is -0.341 e. The zero-order chi connectivity index (χ0) is 15.8. The maximum absolute atomic E-state index is 11.8. The number of imide groups is 1. The van der Waals surface area contributed by atoms with Crippen molar-refractivity contribution in [2.75, 3.05) is 7.05 Å². The van der Waals surface area contributed by atoms with E-state index >= 15 is 0 Å². The van der Waals surface area contributed by atoms with Crippen molar-refractivity contribution in [2.45, 2.75) is 43.5 Å². The van der Waals surface area contributed by atoms with Gasteiger partial charge in [-0.3, -0.25) is 10.1 Å². The number of hydrogen-bond donors (Lipinski definition) is 3. The molecular weight excluding hydrogens is 286 g/mol. The van der Waals surface area contributed by atoms with Crippen LogP contribution in [0.2, 0.25) is 0 Å². The Hall–Kier alpha value is -1.53. The number of nitrogens with one attached hydrogen (secondary N) is 3. The molecule has 21 heavy (non-hydrogen) atoms. The molecule has 1 aromatic carbocycles. The third-order valence-electron chi connectivity index (χ3n) is 2.78. The van der Waals surface area contributed by atoms with Gasteiger partial charge in [0.2, 0.25) is 5.91 Å². The van der Waals surface area contributed by atoms with Crippen LogP contribution in [-0.4, -0.2) is 30.3 Å². The van der Waals surface area contributed by atoms with Crippen molar-refractivity contribution in [1.29, 1.82) is 0 Å². The Balaban J connectivity index is 2.51. The van der Waals surface area contributed by atoms with E-state index in [0.717, 1.165) is 11.4 Å². The first-order valence-electron chi connectivity index (χ1n) is 6.94. The SMILES string of the molecule is CNC(=O)NC(=O)C(C)Sc1ccc(CNC(C)C)cc1. The normalized spacial score (nSPS) is 12.0. The summed E-state index contributed by atoms with van der Waals surface area (Å²) in [7, 11) is 1.48. The number of carbonyl (C=O) groups is 2. The predicted molar refractivity (Wildman–Crippen MR) is 86.3 cm³/mol. The first kappa shape index (κ1) is 17.5. The highest BCUT2D eigenvalue weighted by Crippen LogP contribution is 2.23. The average molecular weight is 309 g/mol. The molecule has 0 heterocycles. The number of benzene rings is 1. The Kier molecular flexibility index (Phi) is 7.25. The van der Waals surface area contributed by atoms with Crippen molar-refractivity contribution in [2.24, 2.45) is 0 Å². The molecule has 0 aromatic heterocycles. The Morgan fingerprint density at radius 1 is 1.14 bits per heavy atom. The van der Waals surface area contributed by atoms with Gasteiger partial charge < -0.3 is 10.6 Å². The zero-order valence-electron chi connectivity index (χ0n) is 12.9. The van der Waals surface area contributed by atoms with Crippen molar-refractivity contribution in [1.82, 2.24) is 16.0 Å². The molecule has 0 saturated carbocycles. The monoisotopic (exact) mass is 309 g/mol. The summed E-state index contributed by atoms with van der Waals surface area (Å²) < 4.78 is 0. The largest absolute Gasteiger partial charge is 0.341 e. The minimum absolute atomic E-state index is 0.301. The molecule has 3 amide bonds. The summed E-state index contributed by atoms with van der Waals surface area (Å²) >= 11 is 1.42. The summed E-state index contributed by atoms with van der Waals surface area (Å²) in [6, 6.07) is 8.04. The zero-order valence-corrected chi connectivity index (χ0v) is 13.7. The molecule has 0 saturated heterocycles. The van der Waals surface area contributed by atoms with Gasteiger partial charge in [-0.1, -0.05) is 26.0 Å². The number of thioether (sulfide) groups is 1. The summed E-state index contributed by atoms with van der Waals surface area (Å²) in [5.41, 5.74) is 1.20. The maximum Gasteiger partial charge on any atom is 0.321 e. The first-order valence-corrected chi connectivity index (χ1v) is 7.82. The first-order chi connectivity index (χ1) is 9.92. The molecule has 1 aromatic rings. The van der Waals surface area contributed by atoms with E-state index in [1.54, 1.807) is 6.92 Å². The molecule has 0 spiro atoms. The molecule has 1 atom stereocenters. The average Bonchev–Trinajstić information content (AvgIpc) is 2.46. The van der Waals surface area contributed by atoms with Crippen LogP contribution in [0.1, 0.15) is 26.3 Å². The molecule has 0 aliphatic rings. The molecule has 0 bridgehead atoms. The van der Waals surface area contributed by atoms with Gasteiger partial charge in [-0.25, -0.2) is 4.79 Å². The number of amides is 3. The molecular formula is C15H23N3O2S. The van der Waals surface area contributed by atoms with Gasteiger partial charge in [-0.2, -0.15) is 0 Å². The van der Waals surface area contributed by atoms with E-state index in [0.29, 0.717) is 6.04 Å². The van der Waals surface area contributed by atoms with Gasteiger partial charge in [0.15, 0.2) is 0 Å². The number of urea groups is 1. The highest BCUT2D eigenvalue weighted by atomic mass is 32.2. The van der Waals surface area contributed by atoms with Gasteiger partial charge in [0.25, 0.3) is 0 Å². The third kappa shape index (κ3) is 6.64. The molecule has 0 fully saturated rings. The summed E-state index contributed by atoms with van der Waals surface area (Å²) in [6.45, 7) is 6.82. The molecule has 0 radical (unpaired) electrons. The van der Waals surface area contributed by atoms with Crippen molar-refractivity contribution in [3.05, 3.63) is 29.8 Å². The van der Waals surface area contributed by atoms with Crippen LogP contribution in [0.5, 0.6) is 0 Å². The minimum atomic E-state index is -0.484. The summed E-state index contributed by atoms with van der Waals surface area (Å²) in [4.78, 5) is 23.9. The quantitative estimate of drug-likeness (QED) is 0.704. The summed E-state index contributed by atoms with van der Waals surface area (Å²) in [5.74, 6) is -0.301. The van der Waals surface area contributed by atoms with Gasteiger partial charge in [0.1, 0.15) is 0 Å². The predicted octanol–water partition coefficient (Wildman–Crippen LogP) is 2.12. The highest BCUT2D eigenvalue weighted by molar-refractivity contribution is 8.00. The van der Waals surface area contributed by atoms with E-state index in [1.807, 2.05) is 24.3 Å². The number of carbonyl (C=O) groups excluding carboxylic acids is 2.